The Hall–Kier alpha value is -2.03. The first-order valence-corrected chi connectivity index (χ1v) is 4.58. The molecule has 0 heterocycles. The first kappa shape index (κ1) is 11.0. The minimum absolute atomic E-state index is 0.128. The predicted octanol–water partition coefficient (Wildman–Crippen LogP) is 1.93. The quantitative estimate of drug-likeness (QED) is 0.587. The van der Waals surface area contributed by atoms with E-state index in [2.05, 4.69) is 11.9 Å². The summed E-state index contributed by atoms with van der Waals surface area (Å²) in [6, 6.07) is 9.61. The molecule has 3 heteroatoms. The second-order valence-corrected chi connectivity index (χ2v) is 2.79. The molecule has 0 aliphatic rings. The number of rotatable bonds is 5. The predicted molar refractivity (Wildman–Crippen MR) is 59.8 cm³/mol. The third-order valence-corrected chi connectivity index (χ3v) is 1.65. The van der Waals surface area contributed by atoms with E-state index in [-0.39, 0.29) is 12.5 Å². The molecule has 0 saturated carbocycles. The molecule has 1 aromatic rings. The molecule has 0 unspecified atom stereocenters. The molecule has 0 saturated heterocycles. The van der Waals surface area contributed by atoms with E-state index < -0.39 is 0 Å². The molecule has 1 aromatic carbocycles. The van der Waals surface area contributed by atoms with Gasteiger partial charge in [0.1, 0.15) is 6.54 Å². The van der Waals surface area contributed by atoms with Crippen LogP contribution in [0.4, 0.5) is 0 Å². The van der Waals surface area contributed by atoms with Crippen molar-refractivity contribution in [1.82, 2.24) is 5.32 Å². The number of carbonyl (C=O) groups is 1. The number of benzene rings is 1. The van der Waals surface area contributed by atoms with Crippen LogP contribution in [0.15, 0.2) is 49.4 Å². The Balaban J connectivity index is 2.33. The van der Waals surface area contributed by atoms with E-state index in [0.717, 1.165) is 5.56 Å². The van der Waals surface area contributed by atoms with Crippen LogP contribution in [0, 0.1) is 0 Å². The maximum absolute atomic E-state index is 11.0. The van der Waals surface area contributed by atoms with Gasteiger partial charge in [0.05, 0.1) is 6.26 Å². The number of hydrogen-bond donors (Lipinski definition) is 1. The summed E-state index contributed by atoms with van der Waals surface area (Å²) >= 11 is 0. The Kier molecular flexibility index (Phi) is 4.73. The van der Waals surface area contributed by atoms with Crippen molar-refractivity contribution >= 4 is 12.0 Å². The zero-order valence-corrected chi connectivity index (χ0v) is 8.35. The van der Waals surface area contributed by atoms with Crippen molar-refractivity contribution in [2.75, 3.05) is 6.54 Å². The van der Waals surface area contributed by atoms with Crippen LogP contribution in [0.3, 0.4) is 0 Å². The summed E-state index contributed by atoms with van der Waals surface area (Å²) in [5, 5.41) is 2.65. The monoisotopic (exact) mass is 203 g/mol. The van der Waals surface area contributed by atoms with Crippen LogP contribution in [-0.2, 0) is 9.53 Å². The minimum Gasteiger partial charge on any atom is -0.433 e. The van der Waals surface area contributed by atoms with Crippen molar-refractivity contribution in [1.29, 1.82) is 0 Å². The van der Waals surface area contributed by atoms with Gasteiger partial charge in [-0.25, -0.2) is 4.79 Å². The van der Waals surface area contributed by atoms with Gasteiger partial charge >= 0.3 is 5.97 Å². The van der Waals surface area contributed by atoms with E-state index in [4.69, 9.17) is 4.74 Å². The van der Waals surface area contributed by atoms with Crippen LogP contribution >= 0.6 is 0 Å². The summed E-state index contributed by atoms with van der Waals surface area (Å²) in [5.74, 6) is -0.345. The molecule has 0 fully saturated rings. The second-order valence-electron chi connectivity index (χ2n) is 2.79. The summed E-state index contributed by atoms with van der Waals surface area (Å²) in [6.07, 6.45) is 4.55. The zero-order chi connectivity index (χ0) is 10.9. The van der Waals surface area contributed by atoms with Crippen molar-refractivity contribution in [3.8, 4) is 0 Å². The van der Waals surface area contributed by atoms with E-state index in [1.807, 2.05) is 30.3 Å². The Labute approximate surface area is 89.1 Å². The molecule has 0 atom stereocenters. The van der Waals surface area contributed by atoms with Gasteiger partial charge in [-0.3, -0.25) is 0 Å². The SMILES string of the molecule is C=CNCC(=O)OC=Cc1ccccc1. The topological polar surface area (TPSA) is 38.3 Å². The Morgan fingerprint density at radius 2 is 2.13 bits per heavy atom. The number of nitrogens with one attached hydrogen (secondary N) is 1. The number of ether oxygens (including phenoxy) is 1. The highest BCUT2D eigenvalue weighted by Gasteiger charge is 1.96. The molecule has 1 N–H and O–H groups in total. The average Bonchev–Trinajstić information content (AvgIpc) is 2.28. The first-order chi connectivity index (χ1) is 7.33. The lowest BCUT2D eigenvalue weighted by atomic mass is 10.2. The van der Waals surface area contributed by atoms with Crippen LogP contribution in [-0.4, -0.2) is 12.5 Å². The molecule has 3 nitrogen and oxygen atoms in total. The lowest BCUT2D eigenvalue weighted by Gasteiger charge is -1.98. The van der Waals surface area contributed by atoms with Gasteiger partial charge in [0.2, 0.25) is 0 Å². The molecule has 0 aromatic heterocycles. The molecule has 15 heavy (non-hydrogen) atoms. The number of hydrogen-bond acceptors (Lipinski definition) is 3. The highest BCUT2D eigenvalue weighted by Crippen LogP contribution is 2.00. The summed E-state index contributed by atoms with van der Waals surface area (Å²) in [5.41, 5.74) is 0.988. The second kappa shape index (κ2) is 6.43. The first-order valence-electron chi connectivity index (χ1n) is 4.58. The molecule has 0 aliphatic carbocycles. The van der Waals surface area contributed by atoms with E-state index >= 15 is 0 Å². The van der Waals surface area contributed by atoms with Gasteiger partial charge in [0.25, 0.3) is 0 Å². The molecule has 0 amide bonds. The van der Waals surface area contributed by atoms with Gasteiger partial charge < -0.3 is 10.1 Å². The molecular formula is C12H13NO2. The van der Waals surface area contributed by atoms with E-state index in [1.54, 1.807) is 6.08 Å². The Morgan fingerprint density at radius 1 is 1.40 bits per heavy atom. The van der Waals surface area contributed by atoms with Gasteiger partial charge in [-0.15, -0.1) is 0 Å². The number of esters is 1. The maximum atomic E-state index is 11.0. The fourth-order valence-electron chi connectivity index (χ4n) is 0.950. The van der Waals surface area contributed by atoms with Gasteiger partial charge in [0.15, 0.2) is 0 Å². The molecule has 78 valence electrons. The van der Waals surface area contributed by atoms with Crippen molar-refractivity contribution in [2.45, 2.75) is 0 Å². The number of carbonyl (C=O) groups excluding carboxylic acids is 1. The standard InChI is InChI=1S/C12H13NO2/c1-2-13-10-12(14)15-9-8-11-6-4-3-5-7-11/h2-9,13H,1,10H2. The van der Waals surface area contributed by atoms with Crippen LogP contribution in [0.2, 0.25) is 0 Å². The smallest absolute Gasteiger partial charge is 0.330 e. The Morgan fingerprint density at radius 3 is 2.80 bits per heavy atom. The molecule has 0 aliphatic heterocycles. The van der Waals surface area contributed by atoms with Gasteiger partial charge in [-0.1, -0.05) is 36.9 Å². The lowest BCUT2D eigenvalue weighted by molar-refractivity contribution is -0.136. The Bertz CT molecular complexity index is 344. The van der Waals surface area contributed by atoms with Gasteiger partial charge in [0, 0.05) is 0 Å². The van der Waals surface area contributed by atoms with Crippen molar-refractivity contribution in [3.63, 3.8) is 0 Å². The largest absolute Gasteiger partial charge is 0.433 e. The van der Waals surface area contributed by atoms with Crippen molar-refractivity contribution in [2.24, 2.45) is 0 Å². The van der Waals surface area contributed by atoms with E-state index in [1.165, 1.54) is 12.5 Å². The average molecular weight is 203 g/mol. The third-order valence-electron chi connectivity index (χ3n) is 1.65. The van der Waals surface area contributed by atoms with Gasteiger partial charge in [-0.05, 0) is 17.8 Å². The zero-order valence-electron chi connectivity index (χ0n) is 8.35. The fraction of sp³-hybridized carbons (Fsp3) is 0.0833. The lowest BCUT2D eigenvalue weighted by Crippen LogP contribution is -2.18. The summed E-state index contributed by atoms with van der Waals surface area (Å²) < 4.78 is 4.82. The van der Waals surface area contributed by atoms with Crippen molar-refractivity contribution in [3.05, 3.63) is 54.9 Å². The van der Waals surface area contributed by atoms with Gasteiger partial charge in [-0.2, -0.15) is 0 Å². The molecule has 0 radical (unpaired) electrons. The summed E-state index contributed by atoms with van der Waals surface area (Å²) in [6.45, 7) is 3.55. The van der Waals surface area contributed by atoms with E-state index in [0.29, 0.717) is 0 Å². The summed E-state index contributed by atoms with van der Waals surface area (Å²) in [7, 11) is 0. The normalized spacial score (nSPS) is 9.87. The third kappa shape index (κ3) is 4.67. The highest BCUT2D eigenvalue weighted by atomic mass is 16.5. The highest BCUT2D eigenvalue weighted by molar-refractivity contribution is 5.73. The van der Waals surface area contributed by atoms with Crippen LogP contribution in [0.5, 0.6) is 0 Å². The van der Waals surface area contributed by atoms with Crippen molar-refractivity contribution < 1.29 is 9.53 Å². The minimum atomic E-state index is -0.345. The molecule has 1 rings (SSSR count). The summed E-state index contributed by atoms with van der Waals surface area (Å²) in [4.78, 5) is 11.0. The fourth-order valence-corrected chi connectivity index (χ4v) is 0.950. The van der Waals surface area contributed by atoms with Crippen LogP contribution in [0.25, 0.3) is 6.08 Å². The molecule has 0 bridgehead atoms. The van der Waals surface area contributed by atoms with Crippen LogP contribution in [0.1, 0.15) is 5.56 Å². The maximum Gasteiger partial charge on any atom is 0.330 e. The van der Waals surface area contributed by atoms with Crippen LogP contribution < -0.4 is 5.32 Å². The van der Waals surface area contributed by atoms with E-state index in [9.17, 15) is 4.79 Å². The molecular weight excluding hydrogens is 190 g/mol. The molecule has 0 spiro atoms.